The number of likely N-dealkylation sites (tertiary alicyclic amines) is 1. The van der Waals surface area contributed by atoms with E-state index in [9.17, 15) is 0 Å². The van der Waals surface area contributed by atoms with Gasteiger partial charge >= 0.3 is 0 Å². The first-order valence-corrected chi connectivity index (χ1v) is 10.1. The number of piperidine rings is 1. The maximum atomic E-state index is 8.89. The number of halogens is 1. The van der Waals surface area contributed by atoms with Gasteiger partial charge in [0.05, 0.1) is 18.2 Å². The van der Waals surface area contributed by atoms with Gasteiger partial charge in [-0.3, -0.25) is 0 Å². The molecule has 148 valence electrons. The van der Waals surface area contributed by atoms with Crippen molar-refractivity contribution >= 4 is 29.9 Å². The van der Waals surface area contributed by atoms with Crippen LogP contribution >= 0.6 is 24.0 Å². The van der Waals surface area contributed by atoms with Crippen LogP contribution < -0.4 is 10.6 Å². The van der Waals surface area contributed by atoms with E-state index in [0.717, 1.165) is 24.1 Å². The average molecular weight is 481 g/mol. The van der Waals surface area contributed by atoms with Gasteiger partial charge < -0.3 is 15.5 Å². The lowest BCUT2D eigenvalue weighted by atomic mass is 10.0. The highest BCUT2D eigenvalue weighted by Gasteiger charge is 2.27. The molecule has 0 amide bonds. The molecule has 0 radical (unpaired) electrons. The Kier molecular flexibility index (Phi) is 9.35. The zero-order valence-electron chi connectivity index (χ0n) is 16.3. The van der Waals surface area contributed by atoms with E-state index in [4.69, 9.17) is 10.3 Å². The Morgan fingerprint density at radius 1 is 1.15 bits per heavy atom. The Morgan fingerprint density at radius 3 is 2.41 bits per heavy atom. The van der Waals surface area contributed by atoms with Crippen molar-refractivity contribution in [2.45, 2.75) is 64.1 Å². The highest BCUT2D eigenvalue weighted by Crippen LogP contribution is 2.26. The number of nitriles is 1. The van der Waals surface area contributed by atoms with Crippen molar-refractivity contribution in [1.29, 1.82) is 5.26 Å². The van der Waals surface area contributed by atoms with E-state index in [2.05, 4.69) is 28.5 Å². The number of benzene rings is 1. The lowest BCUT2D eigenvalue weighted by Gasteiger charge is -2.36. The molecule has 1 saturated carbocycles. The summed E-state index contributed by atoms with van der Waals surface area (Å²) in [5.74, 6) is 0.899. The van der Waals surface area contributed by atoms with Crippen LogP contribution in [0.25, 0.3) is 0 Å². The minimum absolute atomic E-state index is 0. The van der Waals surface area contributed by atoms with E-state index >= 15 is 0 Å². The van der Waals surface area contributed by atoms with Crippen molar-refractivity contribution in [2.75, 3.05) is 19.6 Å². The average Bonchev–Trinajstić information content (AvgIpc) is 3.22. The minimum atomic E-state index is 0. The summed E-state index contributed by atoms with van der Waals surface area (Å²) in [6.07, 6.45) is 8.00. The molecule has 3 rings (SSSR count). The van der Waals surface area contributed by atoms with Crippen LogP contribution in [0.3, 0.4) is 0 Å². The third-order valence-electron chi connectivity index (χ3n) is 5.56. The molecule has 2 N–H and O–H groups in total. The molecule has 1 saturated heterocycles. The molecule has 6 heteroatoms. The summed E-state index contributed by atoms with van der Waals surface area (Å²) in [5, 5.41) is 15.9. The van der Waals surface area contributed by atoms with Gasteiger partial charge in [-0.25, -0.2) is 4.99 Å². The highest BCUT2D eigenvalue weighted by molar-refractivity contribution is 14.0. The van der Waals surface area contributed by atoms with Crippen LogP contribution in [0.1, 0.15) is 56.6 Å². The quantitative estimate of drug-likeness (QED) is 0.383. The van der Waals surface area contributed by atoms with E-state index in [1.54, 1.807) is 0 Å². The first-order valence-electron chi connectivity index (χ1n) is 10.1. The van der Waals surface area contributed by atoms with Crippen molar-refractivity contribution in [3.8, 4) is 6.07 Å². The van der Waals surface area contributed by atoms with E-state index in [0.29, 0.717) is 18.2 Å². The summed E-state index contributed by atoms with van der Waals surface area (Å²) in [6.45, 7) is 6.00. The molecule has 0 spiro atoms. The monoisotopic (exact) mass is 481 g/mol. The molecule has 1 aromatic rings. The number of aliphatic imine (C=N–C) groups is 1. The van der Waals surface area contributed by atoms with Crippen LogP contribution in [-0.2, 0) is 6.54 Å². The number of hydrogen-bond acceptors (Lipinski definition) is 3. The van der Waals surface area contributed by atoms with Crippen LogP contribution in [0, 0.1) is 11.3 Å². The molecule has 1 aliphatic carbocycles. The van der Waals surface area contributed by atoms with Gasteiger partial charge in [0, 0.05) is 31.7 Å². The number of nitrogens with one attached hydrogen (secondary N) is 2. The first-order chi connectivity index (χ1) is 12.8. The van der Waals surface area contributed by atoms with E-state index in [1.807, 2.05) is 24.3 Å². The smallest absolute Gasteiger partial charge is 0.191 e. The van der Waals surface area contributed by atoms with Gasteiger partial charge in [-0.05, 0) is 50.3 Å². The summed E-state index contributed by atoms with van der Waals surface area (Å²) < 4.78 is 0. The topological polar surface area (TPSA) is 63.5 Å². The summed E-state index contributed by atoms with van der Waals surface area (Å²) in [7, 11) is 0. The molecule has 0 atom stereocenters. The third kappa shape index (κ3) is 6.65. The minimum Gasteiger partial charge on any atom is -0.357 e. The molecular weight excluding hydrogens is 449 g/mol. The number of rotatable bonds is 5. The molecule has 2 fully saturated rings. The molecule has 1 aliphatic heterocycles. The second-order valence-electron chi connectivity index (χ2n) is 7.40. The van der Waals surface area contributed by atoms with Gasteiger partial charge in [-0.2, -0.15) is 5.26 Å². The second kappa shape index (κ2) is 11.5. The van der Waals surface area contributed by atoms with Crippen molar-refractivity contribution in [3.63, 3.8) is 0 Å². The van der Waals surface area contributed by atoms with E-state index in [-0.39, 0.29) is 24.0 Å². The van der Waals surface area contributed by atoms with Gasteiger partial charge in [0.1, 0.15) is 0 Å². The van der Waals surface area contributed by atoms with Crippen molar-refractivity contribution in [2.24, 2.45) is 4.99 Å². The fraction of sp³-hybridized carbons (Fsp3) is 0.619. The first kappa shape index (κ1) is 22.0. The molecule has 0 bridgehead atoms. The normalized spacial score (nSPS) is 19.3. The molecule has 5 nitrogen and oxygen atoms in total. The Morgan fingerprint density at radius 2 is 1.81 bits per heavy atom. The third-order valence-corrected chi connectivity index (χ3v) is 5.56. The summed E-state index contributed by atoms with van der Waals surface area (Å²) >= 11 is 0. The molecule has 1 aromatic carbocycles. The molecule has 2 aliphatic rings. The number of guanidine groups is 1. The molecule has 1 heterocycles. The van der Waals surface area contributed by atoms with Gasteiger partial charge in [-0.1, -0.05) is 25.0 Å². The molecular formula is C21H32IN5. The summed E-state index contributed by atoms with van der Waals surface area (Å²) in [6, 6.07) is 11.2. The number of nitrogens with zero attached hydrogens (tertiary/aromatic N) is 3. The predicted octanol–water partition coefficient (Wildman–Crippen LogP) is 3.64. The second-order valence-corrected chi connectivity index (χ2v) is 7.40. The maximum absolute atomic E-state index is 8.89. The van der Waals surface area contributed by atoms with Crippen molar-refractivity contribution in [3.05, 3.63) is 35.4 Å². The van der Waals surface area contributed by atoms with Crippen LogP contribution in [0.5, 0.6) is 0 Å². The van der Waals surface area contributed by atoms with Crippen LogP contribution in [0.15, 0.2) is 29.3 Å². The van der Waals surface area contributed by atoms with Crippen LogP contribution in [0.2, 0.25) is 0 Å². The van der Waals surface area contributed by atoms with Crippen LogP contribution in [0.4, 0.5) is 0 Å². The molecule has 0 unspecified atom stereocenters. The van der Waals surface area contributed by atoms with Gasteiger partial charge in [0.15, 0.2) is 5.96 Å². The van der Waals surface area contributed by atoms with E-state index < -0.39 is 0 Å². The Bertz CT molecular complexity index is 623. The Labute approximate surface area is 180 Å². The highest BCUT2D eigenvalue weighted by atomic mass is 127. The SMILES string of the molecule is CCNC(=NCc1ccc(C#N)cc1)NC1CCN(C2CCCC2)CC1.I. The summed E-state index contributed by atoms with van der Waals surface area (Å²) in [5.41, 5.74) is 1.81. The largest absolute Gasteiger partial charge is 0.357 e. The maximum Gasteiger partial charge on any atom is 0.191 e. The summed E-state index contributed by atoms with van der Waals surface area (Å²) in [4.78, 5) is 7.43. The molecule has 27 heavy (non-hydrogen) atoms. The zero-order chi connectivity index (χ0) is 18.2. The van der Waals surface area contributed by atoms with Gasteiger partial charge in [0.2, 0.25) is 0 Å². The predicted molar refractivity (Wildman–Crippen MR) is 121 cm³/mol. The fourth-order valence-corrected chi connectivity index (χ4v) is 4.05. The number of hydrogen-bond donors (Lipinski definition) is 2. The van der Waals surface area contributed by atoms with Crippen molar-refractivity contribution in [1.82, 2.24) is 15.5 Å². The van der Waals surface area contributed by atoms with E-state index in [1.165, 1.54) is 51.6 Å². The Hall–Kier alpha value is -1.33. The van der Waals surface area contributed by atoms with Crippen LogP contribution in [-0.4, -0.2) is 42.6 Å². The molecule has 0 aromatic heterocycles. The van der Waals surface area contributed by atoms with Crippen molar-refractivity contribution < 1.29 is 0 Å². The Balaban J connectivity index is 0.00000261. The zero-order valence-corrected chi connectivity index (χ0v) is 18.6. The van der Waals surface area contributed by atoms with Gasteiger partial charge in [0.25, 0.3) is 0 Å². The fourth-order valence-electron chi connectivity index (χ4n) is 4.05. The lowest BCUT2D eigenvalue weighted by molar-refractivity contribution is 0.150. The lowest BCUT2D eigenvalue weighted by Crippen LogP contribution is -2.50. The van der Waals surface area contributed by atoms with Gasteiger partial charge in [-0.15, -0.1) is 24.0 Å². The standard InChI is InChI=1S/C21H31N5.HI/c1-2-23-21(24-16-18-9-7-17(15-22)8-10-18)25-19-11-13-26(14-12-19)20-5-3-4-6-20;/h7-10,19-20H,2-6,11-14,16H2,1H3,(H2,23,24,25);1H.